The van der Waals surface area contributed by atoms with Crippen LogP contribution in [0.3, 0.4) is 0 Å². The first-order valence-corrected chi connectivity index (χ1v) is 6.95. The zero-order valence-corrected chi connectivity index (χ0v) is 12.6. The van der Waals surface area contributed by atoms with Crippen LogP contribution in [0.25, 0.3) is 4.85 Å². The number of ether oxygens (including phenoxy) is 1. The van der Waals surface area contributed by atoms with Gasteiger partial charge in [0.2, 0.25) is 12.5 Å². The minimum Gasteiger partial charge on any atom is -0.496 e. The standard InChI is InChI=1S/C16H18N4O2/c1-4-13-12(15(21)20-16(17)19-13)8-11-7-10(9-18-2)5-6-14(11)22-3/h5-7H,4,8-9H2,1,3H3,(H3,17,19,20,21). The van der Waals surface area contributed by atoms with Gasteiger partial charge in [-0.05, 0) is 30.2 Å². The van der Waals surface area contributed by atoms with Gasteiger partial charge in [0.25, 0.3) is 5.56 Å². The predicted octanol–water partition coefficient (Wildman–Crippen LogP) is 1.93. The van der Waals surface area contributed by atoms with E-state index in [-0.39, 0.29) is 11.5 Å². The van der Waals surface area contributed by atoms with Gasteiger partial charge in [-0.1, -0.05) is 6.92 Å². The van der Waals surface area contributed by atoms with E-state index in [1.165, 1.54) is 0 Å². The van der Waals surface area contributed by atoms with Gasteiger partial charge in [-0.15, -0.1) is 0 Å². The van der Waals surface area contributed by atoms with Gasteiger partial charge in [-0.3, -0.25) is 9.78 Å². The van der Waals surface area contributed by atoms with Crippen molar-refractivity contribution in [3.05, 3.63) is 62.4 Å². The summed E-state index contributed by atoms with van der Waals surface area (Å²) in [5.74, 6) is 0.811. The van der Waals surface area contributed by atoms with Gasteiger partial charge in [0.05, 0.1) is 12.8 Å². The number of hydrogen-bond donors (Lipinski definition) is 2. The Morgan fingerprint density at radius 1 is 1.45 bits per heavy atom. The van der Waals surface area contributed by atoms with E-state index >= 15 is 0 Å². The lowest BCUT2D eigenvalue weighted by molar-refractivity contribution is 0.410. The molecular weight excluding hydrogens is 280 g/mol. The van der Waals surface area contributed by atoms with Crippen LogP contribution in [0.1, 0.15) is 29.3 Å². The molecule has 0 aliphatic rings. The summed E-state index contributed by atoms with van der Waals surface area (Å²) >= 11 is 0. The first-order valence-electron chi connectivity index (χ1n) is 6.95. The SMILES string of the molecule is [C-]#[N+]Cc1ccc(OC)c(Cc2c(CC)nc(N)[nH]c2=O)c1. The van der Waals surface area contributed by atoms with Gasteiger partial charge >= 0.3 is 0 Å². The van der Waals surface area contributed by atoms with E-state index in [4.69, 9.17) is 17.0 Å². The maximum atomic E-state index is 12.2. The second kappa shape index (κ2) is 6.76. The zero-order chi connectivity index (χ0) is 16.1. The summed E-state index contributed by atoms with van der Waals surface area (Å²) in [4.78, 5) is 22.3. The highest BCUT2D eigenvalue weighted by Crippen LogP contribution is 2.23. The van der Waals surface area contributed by atoms with Crippen LogP contribution in [0.4, 0.5) is 5.95 Å². The molecular formula is C16H18N4O2. The maximum absolute atomic E-state index is 12.2. The summed E-state index contributed by atoms with van der Waals surface area (Å²) in [5.41, 5.74) is 8.37. The third kappa shape index (κ3) is 3.26. The van der Waals surface area contributed by atoms with Crippen LogP contribution in [-0.4, -0.2) is 17.1 Å². The van der Waals surface area contributed by atoms with Crippen molar-refractivity contribution in [2.24, 2.45) is 0 Å². The normalized spacial score (nSPS) is 10.2. The highest BCUT2D eigenvalue weighted by Gasteiger charge is 2.14. The molecule has 0 amide bonds. The third-order valence-electron chi connectivity index (χ3n) is 3.43. The number of aryl methyl sites for hydroxylation is 1. The number of H-pyrrole nitrogens is 1. The van der Waals surface area contributed by atoms with Crippen LogP contribution in [-0.2, 0) is 19.4 Å². The van der Waals surface area contributed by atoms with Crippen molar-refractivity contribution in [3.63, 3.8) is 0 Å². The predicted molar refractivity (Wildman–Crippen MR) is 84.8 cm³/mol. The molecule has 6 nitrogen and oxygen atoms in total. The van der Waals surface area contributed by atoms with Gasteiger partial charge in [-0.2, -0.15) is 0 Å². The molecule has 1 aromatic heterocycles. The minimum absolute atomic E-state index is 0.124. The third-order valence-corrected chi connectivity index (χ3v) is 3.43. The summed E-state index contributed by atoms with van der Waals surface area (Å²) in [6.45, 7) is 9.19. The van der Waals surface area contributed by atoms with Gasteiger partial charge in [0.15, 0.2) is 0 Å². The molecule has 1 aromatic carbocycles. The average Bonchev–Trinajstić information content (AvgIpc) is 2.50. The number of anilines is 1. The molecule has 0 radical (unpaired) electrons. The fraction of sp³-hybridized carbons (Fsp3) is 0.312. The topological polar surface area (TPSA) is 85.4 Å². The molecule has 0 fully saturated rings. The van der Waals surface area contributed by atoms with Crippen LogP contribution < -0.4 is 16.0 Å². The van der Waals surface area contributed by atoms with Crippen molar-refractivity contribution in [1.29, 1.82) is 0 Å². The Labute approximate surface area is 128 Å². The van der Waals surface area contributed by atoms with Crippen LogP contribution in [0.5, 0.6) is 5.75 Å². The van der Waals surface area contributed by atoms with Crippen molar-refractivity contribution >= 4 is 5.95 Å². The number of nitrogen functional groups attached to an aromatic ring is 1. The summed E-state index contributed by atoms with van der Waals surface area (Å²) in [6, 6.07) is 5.57. The molecule has 2 rings (SSSR count). The quantitative estimate of drug-likeness (QED) is 0.826. The van der Waals surface area contributed by atoms with E-state index in [0.29, 0.717) is 36.4 Å². The molecule has 0 spiro atoms. The number of aromatic nitrogens is 2. The number of aromatic amines is 1. The van der Waals surface area contributed by atoms with Gasteiger partial charge < -0.3 is 15.3 Å². The Kier molecular flexibility index (Phi) is 4.79. The number of hydrogen-bond acceptors (Lipinski definition) is 4. The molecule has 114 valence electrons. The van der Waals surface area contributed by atoms with Gasteiger partial charge in [-0.25, -0.2) is 11.6 Å². The van der Waals surface area contributed by atoms with E-state index in [0.717, 1.165) is 11.1 Å². The van der Waals surface area contributed by atoms with Crippen LogP contribution in [0, 0.1) is 6.57 Å². The molecule has 1 heterocycles. The molecule has 3 N–H and O–H groups in total. The van der Waals surface area contributed by atoms with Crippen molar-refractivity contribution in [2.75, 3.05) is 12.8 Å². The summed E-state index contributed by atoms with van der Waals surface area (Å²) < 4.78 is 5.35. The van der Waals surface area contributed by atoms with Crippen LogP contribution >= 0.6 is 0 Å². The summed E-state index contributed by atoms with van der Waals surface area (Å²) in [6.07, 6.45) is 1.01. The number of methoxy groups -OCH3 is 1. The van der Waals surface area contributed by atoms with Crippen LogP contribution in [0.2, 0.25) is 0 Å². The molecule has 0 saturated heterocycles. The molecule has 2 aromatic rings. The zero-order valence-electron chi connectivity index (χ0n) is 12.6. The molecule has 6 heteroatoms. The molecule has 0 atom stereocenters. The number of nitrogens with two attached hydrogens (primary N) is 1. The Morgan fingerprint density at radius 2 is 2.23 bits per heavy atom. The average molecular weight is 298 g/mol. The smallest absolute Gasteiger partial charge is 0.256 e. The largest absolute Gasteiger partial charge is 0.496 e. The number of benzene rings is 1. The lowest BCUT2D eigenvalue weighted by atomic mass is 10.0. The number of nitrogens with one attached hydrogen (secondary N) is 1. The van der Waals surface area contributed by atoms with Crippen molar-refractivity contribution < 1.29 is 4.74 Å². The Morgan fingerprint density at radius 3 is 2.86 bits per heavy atom. The van der Waals surface area contributed by atoms with E-state index in [1.54, 1.807) is 7.11 Å². The molecule has 0 saturated carbocycles. The van der Waals surface area contributed by atoms with Crippen molar-refractivity contribution in [2.45, 2.75) is 26.3 Å². The van der Waals surface area contributed by atoms with Gasteiger partial charge in [0, 0.05) is 17.5 Å². The maximum Gasteiger partial charge on any atom is 0.256 e. The Hall–Kier alpha value is -2.81. The molecule has 0 aliphatic carbocycles. The van der Waals surface area contributed by atoms with Crippen molar-refractivity contribution in [1.82, 2.24) is 9.97 Å². The minimum atomic E-state index is -0.234. The number of nitrogens with zero attached hydrogens (tertiary/aromatic N) is 2. The lowest BCUT2D eigenvalue weighted by Crippen LogP contribution is -2.20. The van der Waals surface area contributed by atoms with E-state index in [9.17, 15) is 4.79 Å². The number of rotatable bonds is 5. The molecule has 0 bridgehead atoms. The van der Waals surface area contributed by atoms with E-state index in [1.807, 2.05) is 25.1 Å². The molecule has 0 unspecified atom stereocenters. The van der Waals surface area contributed by atoms with Gasteiger partial charge in [0.1, 0.15) is 5.75 Å². The van der Waals surface area contributed by atoms with E-state index in [2.05, 4.69) is 14.8 Å². The monoisotopic (exact) mass is 298 g/mol. The first-order chi connectivity index (χ1) is 10.6. The first kappa shape index (κ1) is 15.6. The Balaban J connectivity index is 2.48. The van der Waals surface area contributed by atoms with Crippen molar-refractivity contribution in [3.8, 4) is 5.75 Å². The Bertz CT molecular complexity index is 775. The lowest BCUT2D eigenvalue weighted by Gasteiger charge is -2.11. The fourth-order valence-corrected chi connectivity index (χ4v) is 2.39. The second-order valence-electron chi connectivity index (χ2n) is 4.87. The second-order valence-corrected chi connectivity index (χ2v) is 4.87. The highest BCUT2D eigenvalue weighted by atomic mass is 16.5. The molecule has 22 heavy (non-hydrogen) atoms. The van der Waals surface area contributed by atoms with E-state index < -0.39 is 0 Å². The highest BCUT2D eigenvalue weighted by molar-refractivity contribution is 5.42. The summed E-state index contributed by atoms with van der Waals surface area (Å²) in [7, 11) is 1.58. The summed E-state index contributed by atoms with van der Waals surface area (Å²) in [5, 5.41) is 0. The fourth-order valence-electron chi connectivity index (χ4n) is 2.39. The van der Waals surface area contributed by atoms with Crippen LogP contribution in [0.15, 0.2) is 23.0 Å². The molecule has 0 aliphatic heterocycles.